The van der Waals surface area contributed by atoms with Gasteiger partial charge in [0.15, 0.2) is 0 Å². The van der Waals surface area contributed by atoms with Crippen molar-refractivity contribution in [3.63, 3.8) is 0 Å². The highest BCUT2D eigenvalue weighted by Crippen LogP contribution is 2.31. The van der Waals surface area contributed by atoms with Gasteiger partial charge in [0.1, 0.15) is 0 Å². The second kappa shape index (κ2) is 7.67. The molecule has 1 aliphatic heterocycles. The molecule has 1 saturated heterocycles. The molecule has 2 unspecified atom stereocenters. The van der Waals surface area contributed by atoms with Crippen molar-refractivity contribution in [3.05, 3.63) is 18.0 Å². The summed E-state index contributed by atoms with van der Waals surface area (Å²) in [4.78, 5) is 12.7. The molecular formula is C17H29ClN4O. The molecule has 5 nitrogen and oxygen atoms in total. The zero-order valence-corrected chi connectivity index (χ0v) is 15.1. The summed E-state index contributed by atoms with van der Waals surface area (Å²) in [6.07, 6.45) is 7.45. The van der Waals surface area contributed by atoms with Gasteiger partial charge in [-0.25, -0.2) is 0 Å². The van der Waals surface area contributed by atoms with Crippen LogP contribution in [0.5, 0.6) is 0 Å². The van der Waals surface area contributed by atoms with Crippen molar-refractivity contribution in [2.45, 2.75) is 45.1 Å². The van der Waals surface area contributed by atoms with Gasteiger partial charge in [0, 0.05) is 38.3 Å². The third kappa shape index (κ3) is 4.27. The summed E-state index contributed by atoms with van der Waals surface area (Å²) < 4.78 is 1.81. The molecule has 130 valence electrons. The molecule has 1 saturated carbocycles. The molecule has 2 N–H and O–H groups in total. The number of aryl methyl sites for hydroxylation is 1. The van der Waals surface area contributed by atoms with Gasteiger partial charge in [0.05, 0.1) is 12.1 Å². The van der Waals surface area contributed by atoms with Crippen LogP contribution < -0.4 is 10.6 Å². The van der Waals surface area contributed by atoms with Gasteiger partial charge >= 0.3 is 0 Å². The summed E-state index contributed by atoms with van der Waals surface area (Å²) in [5.74, 6) is 1.91. The highest BCUT2D eigenvalue weighted by Gasteiger charge is 2.36. The van der Waals surface area contributed by atoms with E-state index >= 15 is 0 Å². The maximum Gasteiger partial charge on any atom is 0.225 e. The lowest BCUT2D eigenvalue weighted by atomic mass is 9.80. The fourth-order valence-electron chi connectivity index (χ4n) is 4.31. The number of hydrogen-bond acceptors (Lipinski definition) is 3. The van der Waals surface area contributed by atoms with E-state index in [1.807, 2.05) is 24.1 Å². The van der Waals surface area contributed by atoms with E-state index < -0.39 is 0 Å². The van der Waals surface area contributed by atoms with Crippen molar-refractivity contribution in [3.8, 4) is 0 Å². The van der Waals surface area contributed by atoms with Crippen molar-refractivity contribution in [1.82, 2.24) is 20.4 Å². The molecule has 1 aliphatic carbocycles. The largest absolute Gasteiger partial charge is 0.353 e. The SMILES string of the molecule is CC1CC(C)CC(NC(=O)[C@H]2CNC[C@@H]2c2cnn(C)c2)C1.Cl. The van der Waals surface area contributed by atoms with Crippen molar-refractivity contribution in [2.75, 3.05) is 13.1 Å². The molecule has 0 aromatic carbocycles. The summed E-state index contributed by atoms with van der Waals surface area (Å²) in [5, 5.41) is 10.9. The minimum absolute atomic E-state index is 0. The first kappa shape index (κ1) is 18.3. The predicted molar refractivity (Wildman–Crippen MR) is 93.7 cm³/mol. The van der Waals surface area contributed by atoms with Crippen LogP contribution >= 0.6 is 12.4 Å². The second-order valence-corrected chi connectivity index (χ2v) is 7.44. The summed E-state index contributed by atoms with van der Waals surface area (Å²) in [6.45, 7) is 6.22. The summed E-state index contributed by atoms with van der Waals surface area (Å²) in [5.41, 5.74) is 1.16. The minimum atomic E-state index is 0. The van der Waals surface area contributed by atoms with Crippen molar-refractivity contribution < 1.29 is 4.79 Å². The van der Waals surface area contributed by atoms with E-state index in [-0.39, 0.29) is 30.2 Å². The highest BCUT2D eigenvalue weighted by atomic mass is 35.5. The summed E-state index contributed by atoms with van der Waals surface area (Å²) in [6, 6.07) is 0.349. The smallest absolute Gasteiger partial charge is 0.225 e. The lowest BCUT2D eigenvalue weighted by Gasteiger charge is -2.33. The van der Waals surface area contributed by atoms with Crippen LogP contribution in [0.15, 0.2) is 12.4 Å². The number of rotatable bonds is 3. The Labute approximate surface area is 145 Å². The molecule has 1 aromatic rings. The number of aromatic nitrogens is 2. The molecule has 1 amide bonds. The zero-order chi connectivity index (χ0) is 15.7. The third-order valence-corrected chi connectivity index (χ3v) is 5.23. The van der Waals surface area contributed by atoms with Gasteiger partial charge in [-0.1, -0.05) is 13.8 Å². The van der Waals surface area contributed by atoms with Crippen molar-refractivity contribution >= 4 is 18.3 Å². The number of halogens is 1. The van der Waals surface area contributed by atoms with E-state index in [2.05, 4.69) is 29.6 Å². The average Bonchev–Trinajstić information content (AvgIpc) is 3.05. The monoisotopic (exact) mass is 340 g/mol. The highest BCUT2D eigenvalue weighted by molar-refractivity contribution is 5.85. The number of nitrogens with one attached hydrogen (secondary N) is 2. The Morgan fingerprint density at radius 1 is 1.26 bits per heavy atom. The first-order valence-electron chi connectivity index (χ1n) is 8.52. The van der Waals surface area contributed by atoms with Gasteiger partial charge in [0.2, 0.25) is 5.91 Å². The molecule has 2 fully saturated rings. The van der Waals surface area contributed by atoms with Crippen molar-refractivity contribution in [2.24, 2.45) is 24.8 Å². The van der Waals surface area contributed by atoms with E-state index in [0.717, 1.165) is 31.5 Å². The first-order valence-corrected chi connectivity index (χ1v) is 8.52. The molecule has 23 heavy (non-hydrogen) atoms. The standard InChI is InChI=1S/C17H28N4O.ClH/c1-11-4-12(2)6-14(5-11)20-17(22)16-9-18-8-15(16)13-7-19-21(3)10-13;/h7,10-12,14-16,18H,4-6,8-9H2,1-3H3,(H,20,22);1H/t11?,12?,14?,15-,16+;/m1./s1. The number of nitrogens with zero attached hydrogens (tertiary/aromatic N) is 2. The van der Waals surface area contributed by atoms with Gasteiger partial charge in [-0.3, -0.25) is 9.48 Å². The number of amides is 1. The first-order chi connectivity index (χ1) is 10.5. The molecule has 0 bridgehead atoms. The van der Waals surface area contributed by atoms with Crippen LogP contribution in [0, 0.1) is 17.8 Å². The summed E-state index contributed by atoms with van der Waals surface area (Å²) >= 11 is 0. The molecule has 0 spiro atoms. The zero-order valence-electron chi connectivity index (χ0n) is 14.3. The molecule has 2 heterocycles. The van der Waals surface area contributed by atoms with E-state index in [4.69, 9.17) is 0 Å². The maximum atomic E-state index is 12.7. The lowest BCUT2D eigenvalue weighted by Crippen LogP contribution is -2.44. The Kier molecular flexibility index (Phi) is 6.09. The van der Waals surface area contributed by atoms with Crippen LogP contribution in [0.4, 0.5) is 0 Å². The maximum absolute atomic E-state index is 12.7. The second-order valence-electron chi connectivity index (χ2n) is 7.44. The van der Waals surface area contributed by atoms with Gasteiger partial charge in [-0.2, -0.15) is 5.10 Å². The molecule has 3 rings (SSSR count). The third-order valence-electron chi connectivity index (χ3n) is 5.23. The quantitative estimate of drug-likeness (QED) is 0.885. The predicted octanol–water partition coefficient (Wildman–Crippen LogP) is 2.09. The van der Waals surface area contributed by atoms with Gasteiger partial charge < -0.3 is 10.6 Å². The molecule has 2 aliphatic rings. The Morgan fingerprint density at radius 2 is 1.96 bits per heavy atom. The van der Waals surface area contributed by atoms with Crippen LogP contribution in [-0.2, 0) is 11.8 Å². The normalized spacial score (nSPS) is 34.0. The van der Waals surface area contributed by atoms with E-state index in [9.17, 15) is 4.79 Å². The Hall–Kier alpha value is -1.07. The topological polar surface area (TPSA) is 59.0 Å². The number of carbonyl (C=O) groups is 1. The molecule has 4 atom stereocenters. The number of carbonyl (C=O) groups excluding carboxylic acids is 1. The van der Waals surface area contributed by atoms with E-state index in [1.165, 1.54) is 6.42 Å². The Balaban J connectivity index is 0.00000192. The van der Waals surface area contributed by atoms with Gasteiger partial charge in [0.25, 0.3) is 0 Å². The number of hydrogen-bond donors (Lipinski definition) is 2. The molecule has 1 aromatic heterocycles. The minimum Gasteiger partial charge on any atom is -0.353 e. The van der Waals surface area contributed by atoms with Gasteiger partial charge in [-0.05, 0) is 36.7 Å². The Morgan fingerprint density at radius 3 is 2.57 bits per heavy atom. The van der Waals surface area contributed by atoms with Crippen LogP contribution in [0.25, 0.3) is 0 Å². The van der Waals surface area contributed by atoms with E-state index in [0.29, 0.717) is 17.9 Å². The lowest BCUT2D eigenvalue weighted by molar-refractivity contribution is -0.126. The van der Waals surface area contributed by atoms with Crippen LogP contribution in [-0.4, -0.2) is 34.8 Å². The average molecular weight is 341 g/mol. The molecule has 0 radical (unpaired) electrons. The fraction of sp³-hybridized carbons (Fsp3) is 0.765. The molecular weight excluding hydrogens is 312 g/mol. The fourth-order valence-corrected chi connectivity index (χ4v) is 4.31. The van der Waals surface area contributed by atoms with E-state index in [1.54, 1.807) is 0 Å². The summed E-state index contributed by atoms with van der Waals surface area (Å²) in [7, 11) is 1.92. The van der Waals surface area contributed by atoms with Crippen LogP contribution in [0.2, 0.25) is 0 Å². The Bertz CT molecular complexity index is 522. The van der Waals surface area contributed by atoms with Crippen LogP contribution in [0.3, 0.4) is 0 Å². The molecule has 6 heteroatoms. The van der Waals surface area contributed by atoms with Gasteiger partial charge in [-0.15, -0.1) is 12.4 Å². The van der Waals surface area contributed by atoms with Crippen LogP contribution in [0.1, 0.15) is 44.6 Å². The van der Waals surface area contributed by atoms with Crippen molar-refractivity contribution in [1.29, 1.82) is 0 Å².